The van der Waals surface area contributed by atoms with Gasteiger partial charge in [0.25, 0.3) is 0 Å². The van der Waals surface area contributed by atoms with Crippen LogP contribution in [-0.4, -0.2) is 46.5 Å². The van der Waals surface area contributed by atoms with E-state index in [1.807, 2.05) is 56.3 Å². The van der Waals surface area contributed by atoms with Crippen LogP contribution in [0.3, 0.4) is 0 Å². The van der Waals surface area contributed by atoms with E-state index in [2.05, 4.69) is 15.6 Å². The molecule has 29 heavy (non-hydrogen) atoms. The van der Waals surface area contributed by atoms with Crippen molar-refractivity contribution >= 4 is 5.96 Å². The van der Waals surface area contributed by atoms with Gasteiger partial charge in [-0.05, 0) is 43.7 Å². The molecule has 0 saturated heterocycles. The first-order chi connectivity index (χ1) is 14.1. The van der Waals surface area contributed by atoms with Crippen LogP contribution in [-0.2, 0) is 6.54 Å². The van der Waals surface area contributed by atoms with E-state index in [0.717, 1.165) is 28.6 Å². The van der Waals surface area contributed by atoms with Crippen LogP contribution in [0.25, 0.3) is 0 Å². The van der Waals surface area contributed by atoms with Gasteiger partial charge in [-0.3, -0.25) is 4.99 Å². The summed E-state index contributed by atoms with van der Waals surface area (Å²) in [7, 11) is 5.01. The molecule has 0 heterocycles. The van der Waals surface area contributed by atoms with Gasteiger partial charge in [-0.2, -0.15) is 0 Å². The van der Waals surface area contributed by atoms with Crippen molar-refractivity contribution in [2.75, 3.05) is 34.4 Å². The summed E-state index contributed by atoms with van der Waals surface area (Å²) in [6.45, 7) is 5.75. The summed E-state index contributed by atoms with van der Waals surface area (Å²) in [5, 5.41) is 6.57. The predicted octanol–water partition coefficient (Wildman–Crippen LogP) is 3.24. The fourth-order valence-corrected chi connectivity index (χ4v) is 2.69. The summed E-state index contributed by atoms with van der Waals surface area (Å²) in [4.78, 5) is 4.26. The Kier molecular flexibility index (Phi) is 8.95. The molecule has 2 aromatic carbocycles. The molecule has 7 heteroatoms. The summed E-state index contributed by atoms with van der Waals surface area (Å²) >= 11 is 0. The molecule has 0 amide bonds. The zero-order valence-corrected chi connectivity index (χ0v) is 17.8. The molecule has 1 atom stereocenters. The van der Waals surface area contributed by atoms with Crippen molar-refractivity contribution in [3.8, 4) is 23.0 Å². The number of methoxy groups -OCH3 is 2. The van der Waals surface area contributed by atoms with Crippen LogP contribution in [0, 0.1) is 0 Å². The first-order valence-corrected chi connectivity index (χ1v) is 9.64. The maximum Gasteiger partial charge on any atom is 0.191 e. The minimum Gasteiger partial charge on any atom is -0.497 e. The van der Waals surface area contributed by atoms with Crippen molar-refractivity contribution in [1.82, 2.24) is 10.6 Å². The fraction of sp³-hybridized carbons (Fsp3) is 0.409. The summed E-state index contributed by atoms with van der Waals surface area (Å²) in [6.07, 6.45) is -0.0498. The summed E-state index contributed by atoms with van der Waals surface area (Å²) in [5.74, 6) is 3.69. The monoisotopic (exact) mass is 401 g/mol. The summed E-state index contributed by atoms with van der Waals surface area (Å²) in [6, 6.07) is 13.4. The Labute approximate surface area is 173 Å². The number of rotatable bonds is 10. The third-order valence-corrected chi connectivity index (χ3v) is 4.15. The Balaban J connectivity index is 1.84. The van der Waals surface area contributed by atoms with Crippen molar-refractivity contribution in [2.24, 2.45) is 4.99 Å². The molecule has 158 valence electrons. The lowest BCUT2D eigenvalue weighted by atomic mass is 10.2. The molecule has 1 unspecified atom stereocenters. The molecular formula is C22H31N3O4. The maximum atomic E-state index is 5.93. The molecule has 0 aliphatic carbocycles. The van der Waals surface area contributed by atoms with Crippen LogP contribution in [0.4, 0.5) is 0 Å². The smallest absolute Gasteiger partial charge is 0.191 e. The zero-order chi connectivity index (χ0) is 21.1. The average Bonchev–Trinajstić information content (AvgIpc) is 2.75. The van der Waals surface area contributed by atoms with Crippen LogP contribution in [0.1, 0.15) is 19.4 Å². The van der Waals surface area contributed by atoms with E-state index in [-0.39, 0.29) is 6.10 Å². The van der Waals surface area contributed by atoms with Crippen LogP contribution < -0.4 is 29.6 Å². The van der Waals surface area contributed by atoms with Crippen molar-refractivity contribution in [2.45, 2.75) is 26.5 Å². The van der Waals surface area contributed by atoms with Crippen LogP contribution >= 0.6 is 0 Å². The second kappa shape index (κ2) is 11.7. The van der Waals surface area contributed by atoms with Gasteiger partial charge in [0.15, 0.2) is 17.5 Å². The first kappa shape index (κ1) is 22.2. The Morgan fingerprint density at radius 3 is 2.48 bits per heavy atom. The predicted molar refractivity (Wildman–Crippen MR) is 115 cm³/mol. The molecule has 2 N–H and O–H groups in total. The lowest BCUT2D eigenvalue weighted by molar-refractivity contribution is 0.223. The second-order valence-electron chi connectivity index (χ2n) is 6.33. The number of hydrogen-bond acceptors (Lipinski definition) is 5. The third kappa shape index (κ3) is 7.10. The largest absolute Gasteiger partial charge is 0.497 e. The molecule has 0 bridgehead atoms. The Hall–Kier alpha value is -3.09. The number of guanidine groups is 1. The molecule has 0 aliphatic rings. The Morgan fingerprint density at radius 2 is 1.79 bits per heavy atom. The molecule has 0 aromatic heterocycles. The van der Waals surface area contributed by atoms with E-state index < -0.39 is 0 Å². The summed E-state index contributed by atoms with van der Waals surface area (Å²) < 4.78 is 22.1. The van der Waals surface area contributed by atoms with Gasteiger partial charge < -0.3 is 29.6 Å². The van der Waals surface area contributed by atoms with E-state index in [4.69, 9.17) is 18.9 Å². The van der Waals surface area contributed by atoms with E-state index in [1.54, 1.807) is 21.3 Å². The fourth-order valence-electron chi connectivity index (χ4n) is 2.69. The number of ether oxygens (including phenoxy) is 4. The van der Waals surface area contributed by atoms with Gasteiger partial charge in [0.2, 0.25) is 0 Å². The van der Waals surface area contributed by atoms with Gasteiger partial charge in [0.05, 0.1) is 27.4 Å². The number of nitrogens with zero attached hydrogens (tertiary/aromatic N) is 1. The second-order valence-corrected chi connectivity index (χ2v) is 6.33. The van der Waals surface area contributed by atoms with Crippen molar-refractivity contribution in [3.05, 3.63) is 48.0 Å². The highest BCUT2D eigenvalue weighted by Gasteiger charge is 2.08. The van der Waals surface area contributed by atoms with E-state index in [1.165, 1.54) is 0 Å². The number of nitrogens with one attached hydrogen (secondary N) is 2. The highest BCUT2D eigenvalue weighted by molar-refractivity contribution is 5.79. The average molecular weight is 402 g/mol. The standard InChI is InChI=1S/C22H31N3O4/c1-6-28-20-11-10-17(12-21(20)27-5)15-25-22(23-3)24-14-16(2)29-19-9-7-8-18(13-19)26-4/h7-13,16H,6,14-15H2,1-5H3,(H2,23,24,25). The number of benzene rings is 2. The van der Waals surface area contributed by atoms with Gasteiger partial charge in [-0.25, -0.2) is 0 Å². The third-order valence-electron chi connectivity index (χ3n) is 4.15. The lowest BCUT2D eigenvalue weighted by Crippen LogP contribution is -2.41. The molecular weight excluding hydrogens is 370 g/mol. The van der Waals surface area contributed by atoms with Crippen molar-refractivity contribution < 1.29 is 18.9 Å². The Morgan fingerprint density at radius 1 is 1.00 bits per heavy atom. The van der Waals surface area contributed by atoms with Crippen LogP contribution in [0.5, 0.6) is 23.0 Å². The molecule has 2 rings (SSSR count). The van der Waals surface area contributed by atoms with Crippen LogP contribution in [0.15, 0.2) is 47.5 Å². The first-order valence-electron chi connectivity index (χ1n) is 9.64. The van der Waals surface area contributed by atoms with E-state index in [0.29, 0.717) is 25.7 Å². The lowest BCUT2D eigenvalue weighted by Gasteiger charge is -2.18. The van der Waals surface area contributed by atoms with Gasteiger partial charge >= 0.3 is 0 Å². The van der Waals surface area contributed by atoms with E-state index in [9.17, 15) is 0 Å². The molecule has 7 nitrogen and oxygen atoms in total. The maximum absolute atomic E-state index is 5.93. The molecule has 0 aliphatic heterocycles. The van der Waals surface area contributed by atoms with Gasteiger partial charge in [-0.15, -0.1) is 0 Å². The van der Waals surface area contributed by atoms with Crippen molar-refractivity contribution in [1.29, 1.82) is 0 Å². The normalized spacial score (nSPS) is 12.1. The highest BCUT2D eigenvalue weighted by Crippen LogP contribution is 2.28. The number of aliphatic imine (C=N–C) groups is 1. The van der Waals surface area contributed by atoms with Crippen molar-refractivity contribution in [3.63, 3.8) is 0 Å². The van der Waals surface area contributed by atoms with E-state index >= 15 is 0 Å². The molecule has 0 saturated carbocycles. The molecule has 0 fully saturated rings. The van der Waals surface area contributed by atoms with Gasteiger partial charge in [-0.1, -0.05) is 12.1 Å². The molecule has 0 spiro atoms. The highest BCUT2D eigenvalue weighted by atomic mass is 16.5. The zero-order valence-electron chi connectivity index (χ0n) is 17.8. The van der Waals surface area contributed by atoms with Gasteiger partial charge in [0.1, 0.15) is 17.6 Å². The number of hydrogen-bond donors (Lipinski definition) is 2. The minimum absolute atomic E-state index is 0.0498. The summed E-state index contributed by atoms with van der Waals surface area (Å²) in [5.41, 5.74) is 1.06. The quantitative estimate of drug-likeness (QED) is 0.470. The topological polar surface area (TPSA) is 73.3 Å². The Bertz CT molecular complexity index is 795. The molecule has 0 radical (unpaired) electrons. The minimum atomic E-state index is -0.0498. The van der Waals surface area contributed by atoms with Crippen LogP contribution in [0.2, 0.25) is 0 Å². The van der Waals surface area contributed by atoms with Gasteiger partial charge in [0, 0.05) is 19.7 Å². The molecule has 2 aromatic rings. The SMILES string of the molecule is CCOc1ccc(CNC(=NC)NCC(C)Oc2cccc(OC)c2)cc1OC.